The first-order valence-electron chi connectivity index (χ1n) is 7.03. The Kier molecular flexibility index (Phi) is 3.94. The number of halogens is 1. The minimum Gasteiger partial charge on any atom is -0.489 e. The van der Waals surface area contributed by atoms with Crippen LogP contribution < -0.4 is 9.64 Å². The van der Waals surface area contributed by atoms with Gasteiger partial charge in [-0.2, -0.15) is 5.26 Å². The summed E-state index contributed by atoms with van der Waals surface area (Å²) in [5, 5.41) is 19.2. The maximum Gasteiger partial charge on any atom is 0.145 e. The first-order valence-corrected chi connectivity index (χ1v) is 7.03. The minimum atomic E-state index is -0.691. The number of anilines is 1. The quantitative estimate of drug-likeness (QED) is 0.946. The van der Waals surface area contributed by atoms with Gasteiger partial charge in [-0.3, -0.25) is 0 Å². The maximum atomic E-state index is 13.2. The van der Waals surface area contributed by atoms with Crippen LogP contribution in [0.1, 0.15) is 17.2 Å². The van der Waals surface area contributed by atoms with Crippen LogP contribution in [0.2, 0.25) is 0 Å². The SMILES string of the molecule is N#Cc1ccc(C(O)CN2CCOc3cc(F)ccc32)cc1. The van der Waals surface area contributed by atoms with Gasteiger partial charge in [-0.25, -0.2) is 4.39 Å². The zero-order chi connectivity index (χ0) is 15.5. The first-order chi connectivity index (χ1) is 10.7. The second kappa shape index (κ2) is 6.04. The summed E-state index contributed by atoms with van der Waals surface area (Å²) in [5.74, 6) is 0.159. The van der Waals surface area contributed by atoms with E-state index in [-0.39, 0.29) is 5.82 Å². The van der Waals surface area contributed by atoms with E-state index in [0.29, 0.717) is 31.0 Å². The molecule has 112 valence electrons. The fraction of sp³-hybridized carbons (Fsp3) is 0.235. The summed E-state index contributed by atoms with van der Waals surface area (Å²) in [5.41, 5.74) is 2.08. The van der Waals surface area contributed by atoms with Gasteiger partial charge >= 0.3 is 0 Å². The standard InChI is InChI=1S/C17H15FN2O2/c18-14-5-6-15-17(9-14)22-8-7-20(15)11-16(21)13-3-1-12(10-19)2-4-13/h1-6,9,16,21H,7-8,11H2. The van der Waals surface area contributed by atoms with Gasteiger partial charge in [-0.1, -0.05) is 12.1 Å². The van der Waals surface area contributed by atoms with E-state index >= 15 is 0 Å². The molecule has 1 aliphatic heterocycles. The lowest BCUT2D eigenvalue weighted by Crippen LogP contribution is -2.36. The molecule has 5 heteroatoms. The highest BCUT2D eigenvalue weighted by molar-refractivity contribution is 5.60. The molecule has 1 unspecified atom stereocenters. The van der Waals surface area contributed by atoms with E-state index in [1.165, 1.54) is 12.1 Å². The number of fused-ring (bicyclic) bond motifs is 1. The van der Waals surface area contributed by atoms with Crippen LogP contribution in [-0.2, 0) is 0 Å². The van der Waals surface area contributed by atoms with Crippen molar-refractivity contribution in [1.29, 1.82) is 5.26 Å². The summed E-state index contributed by atoms with van der Waals surface area (Å²) < 4.78 is 18.7. The number of ether oxygens (including phenoxy) is 1. The summed E-state index contributed by atoms with van der Waals surface area (Å²) in [7, 11) is 0. The Balaban J connectivity index is 1.77. The third kappa shape index (κ3) is 2.87. The molecule has 0 radical (unpaired) electrons. The molecule has 22 heavy (non-hydrogen) atoms. The topological polar surface area (TPSA) is 56.5 Å². The van der Waals surface area contributed by atoms with Crippen LogP contribution in [0.25, 0.3) is 0 Å². The van der Waals surface area contributed by atoms with Crippen molar-refractivity contribution in [1.82, 2.24) is 0 Å². The molecule has 2 aromatic rings. The highest BCUT2D eigenvalue weighted by Crippen LogP contribution is 2.33. The smallest absolute Gasteiger partial charge is 0.145 e. The molecule has 0 amide bonds. The van der Waals surface area contributed by atoms with E-state index < -0.39 is 6.10 Å². The van der Waals surface area contributed by atoms with Crippen molar-refractivity contribution in [3.05, 3.63) is 59.4 Å². The van der Waals surface area contributed by atoms with E-state index in [1.54, 1.807) is 30.3 Å². The van der Waals surface area contributed by atoms with Crippen molar-refractivity contribution >= 4 is 5.69 Å². The molecule has 0 spiro atoms. The van der Waals surface area contributed by atoms with Crippen LogP contribution >= 0.6 is 0 Å². The van der Waals surface area contributed by atoms with Crippen molar-refractivity contribution in [3.63, 3.8) is 0 Å². The van der Waals surface area contributed by atoms with Crippen LogP contribution in [0.3, 0.4) is 0 Å². The zero-order valence-corrected chi connectivity index (χ0v) is 11.9. The molecule has 0 saturated carbocycles. The van der Waals surface area contributed by atoms with Crippen LogP contribution in [0, 0.1) is 17.1 Å². The number of nitrogens with zero attached hydrogens (tertiary/aromatic N) is 2. The number of nitriles is 1. The fourth-order valence-electron chi connectivity index (χ4n) is 2.53. The third-order valence-electron chi connectivity index (χ3n) is 3.70. The predicted molar refractivity (Wildman–Crippen MR) is 80.2 cm³/mol. The lowest BCUT2D eigenvalue weighted by Gasteiger charge is -2.32. The molecule has 1 heterocycles. The van der Waals surface area contributed by atoms with Crippen molar-refractivity contribution in [2.24, 2.45) is 0 Å². The van der Waals surface area contributed by atoms with Crippen molar-refractivity contribution in [2.45, 2.75) is 6.10 Å². The molecule has 0 aliphatic carbocycles. The molecule has 1 aliphatic rings. The second-order valence-electron chi connectivity index (χ2n) is 5.16. The molecular formula is C17H15FN2O2. The summed E-state index contributed by atoms with van der Waals surface area (Å²) in [4.78, 5) is 1.97. The molecule has 0 bridgehead atoms. The van der Waals surface area contributed by atoms with Crippen molar-refractivity contribution in [3.8, 4) is 11.8 Å². The summed E-state index contributed by atoms with van der Waals surface area (Å²) in [6.07, 6.45) is -0.691. The Hall–Kier alpha value is -2.58. The predicted octanol–water partition coefficient (Wildman–Crippen LogP) is 2.63. The Labute approximate surface area is 128 Å². The highest BCUT2D eigenvalue weighted by atomic mass is 19.1. The Bertz CT molecular complexity index is 710. The van der Waals surface area contributed by atoms with Gasteiger partial charge < -0.3 is 14.7 Å². The molecule has 1 N–H and O–H groups in total. The van der Waals surface area contributed by atoms with E-state index in [4.69, 9.17) is 10.00 Å². The largest absolute Gasteiger partial charge is 0.489 e. The highest BCUT2D eigenvalue weighted by Gasteiger charge is 2.21. The molecule has 0 aromatic heterocycles. The van der Waals surface area contributed by atoms with E-state index in [0.717, 1.165) is 11.3 Å². The Morgan fingerprint density at radius 3 is 2.77 bits per heavy atom. The van der Waals surface area contributed by atoms with Gasteiger partial charge in [0.1, 0.15) is 18.2 Å². The van der Waals surface area contributed by atoms with Gasteiger partial charge in [0, 0.05) is 12.6 Å². The molecule has 0 fully saturated rings. The normalized spacial score (nSPS) is 14.7. The van der Waals surface area contributed by atoms with Crippen LogP contribution in [0.4, 0.5) is 10.1 Å². The number of aliphatic hydroxyl groups excluding tert-OH is 1. The van der Waals surface area contributed by atoms with E-state index in [1.807, 2.05) is 11.0 Å². The van der Waals surface area contributed by atoms with Gasteiger partial charge in [0.25, 0.3) is 0 Å². The number of benzene rings is 2. The average Bonchev–Trinajstić information content (AvgIpc) is 2.55. The number of hydrogen-bond donors (Lipinski definition) is 1. The lowest BCUT2D eigenvalue weighted by atomic mass is 10.1. The molecule has 1 atom stereocenters. The van der Waals surface area contributed by atoms with E-state index in [9.17, 15) is 9.50 Å². The minimum absolute atomic E-state index is 0.340. The van der Waals surface area contributed by atoms with Gasteiger partial charge in [-0.15, -0.1) is 0 Å². The van der Waals surface area contributed by atoms with Gasteiger partial charge in [-0.05, 0) is 29.8 Å². The van der Waals surface area contributed by atoms with E-state index in [2.05, 4.69) is 0 Å². The summed E-state index contributed by atoms with van der Waals surface area (Å²) >= 11 is 0. The summed E-state index contributed by atoms with van der Waals surface area (Å²) in [6, 6.07) is 13.3. The number of β-amino-alcohol motifs (C(OH)–C–C–N with tert-alkyl or cyclic N) is 1. The monoisotopic (exact) mass is 298 g/mol. The van der Waals surface area contributed by atoms with Gasteiger partial charge in [0.2, 0.25) is 0 Å². The van der Waals surface area contributed by atoms with Crippen LogP contribution in [0.15, 0.2) is 42.5 Å². The van der Waals surface area contributed by atoms with Gasteiger partial charge in [0.15, 0.2) is 0 Å². The number of rotatable bonds is 3. The Morgan fingerprint density at radius 2 is 2.05 bits per heavy atom. The van der Waals surface area contributed by atoms with Crippen LogP contribution in [0.5, 0.6) is 5.75 Å². The Morgan fingerprint density at radius 1 is 1.27 bits per heavy atom. The number of aliphatic hydroxyl groups is 1. The average molecular weight is 298 g/mol. The molecule has 4 nitrogen and oxygen atoms in total. The van der Waals surface area contributed by atoms with Crippen molar-refractivity contribution in [2.75, 3.05) is 24.6 Å². The molecule has 0 saturated heterocycles. The maximum absolute atomic E-state index is 13.2. The second-order valence-corrected chi connectivity index (χ2v) is 5.16. The lowest BCUT2D eigenvalue weighted by molar-refractivity contribution is 0.179. The number of hydrogen-bond acceptors (Lipinski definition) is 4. The van der Waals surface area contributed by atoms with Gasteiger partial charge in [0.05, 0.1) is 30.0 Å². The van der Waals surface area contributed by atoms with Crippen molar-refractivity contribution < 1.29 is 14.2 Å². The fourth-order valence-corrected chi connectivity index (χ4v) is 2.53. The summed E-state index contributed by atoms with van der Waals surface area (Å²) in [6.45, 7) is 1.47. The third-order valence-corrected chi connectivity index (χ3v) is 3.70. The molecule has 2 aromatic carbocycles. The molecule has 3 rings (SSSR count). The molecular weight excluding hydrogens is 283 g/mol. The van der Waals surface area contributed by atoms with Crippen LogP contribution in [-0.4, -0.2) is 24.8 Å². The first kappa shape index (κ1) is 14.4. The zero-order valence-electron chi connectivity index (χ0n) is 11.9.